The standard InChI is InChI=1S/C16H14Cl3N3/c17-10-6-4-9(5-7-10)13-8-14(22-21-13)16(20)11-2-1-3-12(18)15(11)19/h1-7,13,16,21H,8,20H2. The van der Waals surface area contributed by atoms with Crippen molar-refractivity contribution in [3.05, 3.63) is 68.7 Å². The molecular weight excluding hydrogens is 341 g/mol. The van der Waals surface area contributed by atoms with Gasteiger partial charge in [0.05, 0.1) is 27.8 Å². The van der Waals surface area contributed by atoms with E-state index in [1.54, 1.807) is 6.07 Å². The van der Waals surface area contributed by atoms with Crippen molar-refractivity contribution in [2.45, 2.75) is 18.5 Å². The molecule has 0 saturated heterocycles. The molecular formula is C16H14Cl3N3. The Balaban J connectivity index is 1.77. The van der Waals surface area contributed by atoms with E-state index in [9.17, 15) is 0 Å². The lowest BCUT2D eigenvalue weighted by Gasteiger charge is -2.15. The number of nitrogens with two attached hydrogens (primary N) is 1. The number of rotatable bonds is 3. The SMILES string of the molecule is NC(C1=NNC(c2ccc(Cl)cc2)C1)c1cccc(Cl)c1Cl. The summed E-state index contributed by atoms with van der Waals surface area (Å²) >= 11 is 18.2. The van der Waals surface area contributed by atoms with Crippen LogP contribution in [-0.2, 0) is 0 Å². The highest BCUT2D eigenvalue weighted by molar-refractivity contribution is 6.42. The van der Waals surface area contributed by atoms with Crippen molar-refractivity contribution >= 4 is 40.5 Å². The van der Waals surface area contributed by atoms with E-state index in [1.807, 2.05) is 36.4 Å². The van der Waals surface area contributed by atoms with Gasteiger partial charge in [-0.15, -0.1) is 0 Å². The van der Waals surface area contributed by atoms with Crippen molar-refractivity contribution in [1.29, 1.82) is 0 Å². The lowest BCUT2D eigenvalue weighted by molar-refractivity contribution is 0.619. The van der Waals surface area contributed by atoms with Crippen LogP contribution in [0.4, 0.5) is 0 Å². The van der Waals surface area contributed by atoms with Gasteiger partial charge in [0.1, 0.15) is 0 Å². The molecule has 1 aliphatic rings. The molecule has 2 aromatic carbocycles. The molecule has 1 heterocycles. The predicted molar refractivity (Wildman–Crippen MR) is 92.8 cm³/mol. The number of hydrogen-bond donors (Lipinski definition) is 2. The zero-order valence-corrected chi connectivity index (χ0v) is 13.8. The molecule has 0 aromatic heterocycles. The molecule has 3 nitrogen and oxygen atoms in total. The van der Waals surface area contributed by atoms with Gasteiger partial charge in [-0.25, -0.2) is 0 Å². The fourth-order valence-electron chi connectivity index (χ4n) is 2.49. The fourth-order valence-corrected chi connectivity index (χ4v) is 3.04. The Morgan fingerprint density at radius 2 is 1.82 bits per heavy atom. The van der Waals surface area contributed by atoms with Crippen LogP contribution in [0.25, 0.3) is 0 Å². The molecule has 0 radical (unpaired) electrons. The fraction of sp³-hybridized carbons (Fsp3) is 0.188. The number of hydrogen-bond acceptors (Lipinski definition) is 3. The summed E-state index contributed by atoms with van der Waals surface area (Å²) in [5, 5.41) is 6.06. The molecule has 114 valence electrons. The summed E-state index contributed by atoms with van der Waals surface area (Å²) in [6, 6.07) is 12.9. The quantitative estimate of drug-likeness (QED) is 0.836. The molecule has 2 unspecified atom stereocenters. The van der Waals surface area contributed by atoms with E-state index in [0.717, 1.165) is 16.8 Å². The van der Waals surface area contributed by atoms with E-state index in [0.29, 0.717) is 21.5 Å². The van der Waals surface area contributed by atoms with Crippen LogP contribution in [0.2, 0.25) is 15.1 Å². The first-order valence-corrected chi connectivity index (χ1v) is 7.96. The first kappa shape index (κ1) is 15.6. The monoisotopic (exact) mass is 353 g/mol. The molecule has 6 heteroatoms. The maximum absolute atomic E-state index is 6.30. The Labute approximate surface area is 144 Å². The summed E-state index contributed by atoms with van der Waals surface area (Å²) in [5.74, 6) is 0. The van der Waals surface area contributed by atoms with Gasteiger partial charge in [0.15, 0.2) is 0 Å². The summed E-state index contributed by atoms with van der Waals surface area (Å²) in [6.07, 6.45) is 0.714. The molecule has 2 aromatic rings. The summed E-state index contributed by atoms with van der Waals surface area (Å²) in [7, 11) is 0. The molecule has 1 aliphatic heterocycles. The van der Waals surface area contributed by atoms with Gasteiger partial charge in [-0.05, 0) is 29.3 Å². The van der Waals surface area contributed by atoms with Crippen LogP contribution in [0.5, 0.6) is 0 Å². The van der Waals surface area contributed by atoms with Gasteiger partial charge >= 0.3 is 0 Å². The van der Waals surface area contributed by atoms with E-state index in [2.05, 4.69) is 10.5 Å². The largest absolute Gasteiger partial charge is 0.319 e. The van der Waals surface area contributed by atoms with E-state index < -0.39 is 0 Å². The Morgan fingerprint density at radius 3 is 2.55 bits per heavy atom. The second-order valence-corrected chi connectivity index (χ2v) is 6.38. The predicted octanol–water partition coefficient (Wildman–Crippen LogP) is 4.74. The molecule has 0 bridgehead atoms. The molecule has 0 fully saturated rings. The third kappa shape index (κ3) is 3.08. The Kier molecular flexibility index (Phi) is 4.59. The normalized spacial score (nSPS) is 18.7. The maximum atomic E-state index is 6.30. The topological polar surface area (TPSA) is 50.4 Å². The Bertz CT molecular complexity index is 713. The summed E-state index contributed by atoms with van der Waals surface area (Å²) in [6.45, 7) is 0. The smallest absolute Gasteiger partial charge is 0.0743 e. The lowest BCUT2D eigenvalue weighted by Crippen LogP contribution is -2.21. The highest BCUT2D eigenvalue weighted by Crippen LogP contribution is 2.33. The maximum Gasteiger partial charge on any atom is 0.0743 e. The van der Waals surface area contributed by atoms with Crippen molar-refractivity contribution in [3.8, 4) is 0 Å². The zero-order valence-electron chi connectivity index (χ0n) is 11.6. The number of nitrogens with zero attached hydrogens (tertiary/aromatic N) is 1. The third-order valence-electron chi connectivity index (χ3n) is 3.73. The summed E-state index contributed by atoms with van der Waals surface area (Å²) in [5.41, 5.74) is 12.2. The lowest BCUT2D eigenvalue weighted by atomic mass is 9.96. The molecule has 0 saturated carbocycles. The van der Waals surface area contributed by atoms with Crippen molar-refractivity contribution in [2.24, 2.45) is 10.8 Å². The second kappa shape index (κ2) is 6.47. The second-order valence-electron chi connectivity index (χ2n) is 5.16. The summed E-state index contributed by atoms with van der Waals surface area (Å²) < 4.78 is 0. The van der Waals surface area contributed by atoms with Crippen molar-refractivity contribution in [1.82, 2.24) is 5.43 Å². The average Bonchev–Trinajstić information content (AvgIpc) is 3.00. The number of halogens is 3. The van der Waals surface area contributed by atoms with Crippen LogP contribution < -0.4 is 11.2 Å². The minimum absolute atomic E-state index is 0.0938. The average molecular weight is 355 g/mol. The number of hydrazone groups is 1. The van der Waals surface area contributed by atoms with Crippen LogP contribution in [0.3, 0.4) is 0 Å². The highest BCUT2D eigenvalue weighted by Gasteiger charge is 2.26. The van der Waals surface area contributed by atoms with Crippen LogP contribution >= 0.6 is 34.8 Å². The molecule has 3 rings (SSSR count). The van der Waals surface area contributed by atoms with Crippen LogP contribution in [0.1, 0.15) is 29.6 Å². The van der Waals surface area contributed by atoms with Gasteiger partial charge in [-0.2, -0.15) is 5.10 Å². The van der Waals surface area contributed by atoms with Crippen LogP contribution in [-0.4, -0.2) is 5.71 Å². The first-order chi connectivity index (χ1) is 10.6. The van der Waals surface area contributed by atoms with Gasteiger partial charge < -0.3 is 11.2 Å². The van der Waals surface area contributed by atoms with E-state index in [-0.39, 0.29) is 12.1 Å². The molecule has 0 aliphatic carbocycles. The van der Waals surface area contributed by atoms with Gasteiger partial charge in [0.25, 0.3) is 0 Å². The van der Waals surface area contributed by atoms with Crippen molar-refractivity contribution < 1.29 is 0 Å². The molecule has 0 amide bonds. The van der Waals surface area contributed by atoms with E-state index in [4.69, 9.17) is 40.5 Å². The minimum atomic E-state index is -0.379. The molecule has 0 spiro atoms. The third-order valence-corrected chi connectivity index (χ3v) is 4.81. The molecule has 2 atom stereocenters. The minimum Gasteiger partial charge on any atom is -0.319 e. The summed E-state index contributed by atoms with van der Waals surface area (Å²) in [4.78, 5) is 0. The zero-order chi connectivity index (χ0) is 15.7. The molecule has 3 N–H and O–H groups in total. The Hall–Kier alpha value is -1.26. The van der Waals surface area contributed by atoms with Crippen molar-refractivity contribution in [2.75, 3.05) is 0 Å². The van der Waals surface area contributed by atoms with Gasteiger partial charge in [-0.1, -0.05) is 59.1 Å². The first-order valence-electron chi connectivity index (χ1n) is 6.83. The van der Waals surface area contributed by atoms with Crippen LogP contribution in [0.15, 0.2) is 47.6 Å². The number of nitrogens with one attached hydrogen (secondary N) is 1. The van der Waals surface area contributed by atoms with E-state index in [1.165, 1.54) is 0 Å². The van der Waals surface area contributed by atoms with Gasteiger partial charge in [0, 0.05) is 11.4 Å². The van der Waals surface area contributed by atoms with Gasteiger partial charge in [0.2, 0.25) is 0 Å². The van der Waals surface area contributed by atoms with Crippen molar-refractivity contribution in [3.63, 3.8) is 0 Å². The Morgan fingerprint density at radius 1 is 1.09 bits per heavy atom. The number of benzene rings is 2. The highest BCUT2D eigenvalue weighted by atomic mass is 35.5. The van der Waals surface area contributed by atoms with Crippen LogP contribution in [0, 0.1) is 0 Å². The van der Waals surface area contributed by atoms with E-state index >= 15 is 0 Å². The molecule has 22 heavy (non-hydrogen) atoms. The van der Waals surface area contributed by atoms with Gasteiger partial charge in [-0.3, -0.25) is 0 Å².